The summed E-state index contributed by atoms with van der Waals surface area (Å²) in [5, 5.41) is 10.6. The molecule has 1 aromatic heterocycles. The van der Waals surface area contributed by atoms with E-state index in [-0.39, 0.29) is 18.9 Å². The fourth-order valence-corrected chi connectivity index (χ4v) is 2.53. The molecule has 0 fully saturated rings. The average molecular weight is 376 g/mol. The van der Waals surface area contributed by atoms with Crippen molar-refractivity contribution in [3.63, 3.8) is 0 Å². The van der Waals surface area contributed by atoms with Crippen LogP contribution in [-0.4, -0.2) is 28.0 Å². The van der Waals surface area contributed by atoms with E-state index in [9.17, 15) is 9.18 Å². The highest BCUT2D eigenvalue weighted by Crippen LogP contribution is 2.25. The second-order valence-electron chi connectivity index (χ2n) is 5.25. The predicted molar refractivity (Wildman–Crippen MR) is 93.5 cm³/mol. The third kappa shape index (κ3) is 3.83. The van der Waals surface area contributed by atoms with E-state index in [1.807, 2.05) is 0 Å². The van der Waals surface area contributed by atoms with Crippen LogP contribution >= 0.6 is 11.6 Å². The number of halogens is 2. The van der Waals surface area contributed by atoms with Gasteiger partial charge < -0.3 is 9.47 Å². The molecular weight excluding hydrogens is 361 g/mol. The molecule has 0 bridgehead atoms. The van der Waals surface area contributed by atoms with E-state index < -0.39 is 11.8 Å². The van der Waals surface area contributed by atoms with Gasteiger partial charge in [-0.05, 0) is 43.3 Å². The normalized spacial score (nSPS) is 10.6. The first-order chi connectivity index (χ1) is 12.6. The fraction of sp³-hybridized carbons (Fsp3) is 0.167. The smallest absolute Gasteiger partial charge is 0.361 e. The maximum absolute atomic E-state index is 13.8. The van der Waals surface area contributed by atoms with Crippen LogP contribution in [0.15, 0.2) is 42.5 Å². The fourth-order valence-electron chi connectivity index (χ4n) is 2.31. The van der Waals surface area contributed by atoms with Crippen LogP contribution in [0.3, 0.4) is 0 Å². The van der Waals surface area contributed by atoms with Crippen molar-refractivity contribution in [2.24, 2.45) is 0 Å². The Morgan fingerprint density at radius 2 is 1.96 bits per heavy atom. The largest absolute Gasteiger partial charge is 0.489 e. The summed E-state index contributed by atoms with van der Waals surface area (Å²) in [5.74, 6) is -0.448. The highest BCUT2D eigenvalue weighted by molar-refractivity contribution is 6.31. The number of aromatic nitrogens is 3. The molecule has 0 spiro atoms. The van der Waals surface area contributed by atoms with Gasteiger partial charge in [-0.25, -0.2) is 9.18 Å². The lowest BCUT2D eigenvalue weighted by atomic mass is 10.1. The Balaban J connectivity index is 1.74. The molecule has 2 aromatic carbocycles. The number of ether oxygens (including phenoxy) is 2. The van der Waals surface area contributed by atoms with Gasteiger partial charge in [-0.15, -0.1) is 5.10 Å². The minimum absolute atomic E-state index is 0.00287. The molecule has 0 aliphatic rings. The van der Waals surface area contributed by atoms with Gasteiger partial charge in [-0.1, -0.05) is 17.7 Å². The molecule has 0 saturated heterocycles. The van der Waals surface area contributed by atoms with Crippen LogP contribution < -0.4 is 4.74 Å². The van der Waals surface area contributed by atoms with E-state index in [1.165, 1.54) is 12.1 Å². The van der Waals surface area contributed by atoms with Crippen molar-refractivity contribution in [1.82, 2.24) is 15.4 Å². The molecule has 6 nitrogen and oxygen atoms in total. The summed E-state index contributed by atoms with van der Waals surface area (Å²) in [7, 11) is 0. The third-order valence-electron chi connectivity index (χ3n) is 3.59. The van der Waals surface area contributed by atoms with Crippen molar-refractivity contribution in [3.05, 3.63) is 64.6 Å². The zero-order chi connectivity index (χ0) is 18.5. The van der Waals surface area contributed by atoms with Crippen LogP contribution in [0, 0.1) is 5.82 Å². The van der Waals surface area contributed by atoms with Gasteiger partial charge >= 0.3 is 5.97 Å². The SMILES string of the molecule is CCOC(=O)c1n[nH]nc1-c1ccc(OCc2c(F)cccc2Cl)cc1. The van der Waals surface area contributed by atoms with Gasteiger partial charge in [0.25, 0.3) is 0 Å². The third-order valence-corrected chi connectivity index (χ3v) is 3.94. The molecular formula is C18H15ClFN3O3. The zero-order valence-electron chi connectivity index (χ0n) is 13.8. The Morgan fingerprint density at radius 1 is 1.19 bits per heavy atom. The van der Waals surface area contributed by atoms with Crippen molar-refractivity contribution in [2.45, 2.75) is 13.5 Å². The zero-order valence-corrected chi connectivity index (χ0v) is 14.6. The van der Waals surface area contributed by atoms with E-state index in [0.29, 0.717) is 27.6 Å². The van der Waals surface area contributed by atoms with Gasteiger partial charge in [0.15, 0.2) is 5.69 Å². The summed E-state index contributed by atoms with van der Waals surface area (Å²) in [5.41, 5.74) is 1.45. The Morgan fingerprint density at radius 3 is 2.65 bits per heavy atom. The molecule has 0 unspecified atom stereocenters. The van der Waals surface area contributed by atoms with Crippen LogP contribution in [0.4, 0.5) is 4.39 Å². The molecule has 3 aromatic rings. The Kier molecular flexibility index (Phi) is 5.48. The Bertz CT molecular complexity index is 892. The van der Waals surface area contributed by atoms with Crippen molar-refractivity contribution in [1.29, 1.82) is 0 Å². The summed E-state index contributed by atoms with van der Waals surface area (Å²) in [6, 6.07) is 11.3. The minimum atomic E-state index is -0.550. The number of H-pyrrole nitrogens is 1. The summed E-state index contributed by atoms with van der Waals surface area (Å²) >= 11 is 5.98. The monoisotopic (exact) mass is 375 g/mol. The van der Waals surface area contributed by atoms with Crippen LogP contribution in [0.1, 0.15) is 23.0 Å². The van der Waals surface area contributed by atoms with Crippen molar-refractivity contribution >= 4 is 17.6 Å². The number of nitrogens with one attached hydrogen (secondary N) is 1. The molecule has 0 amide bonds. The van der Waals surface area contributed by atoms with Gasteiger partial charge in [-0.3, -0.25) is 0 Å². The number of carbonyl (C=O) groups excluding carboxylic acids is 1. The molecule has 0 radical (unpaired) electrons. The molecule has 3 rings (SSSR count). The molecule has 1 N–H and O–H groups in total. The Labute approximate surface area is 153 Å². The molecule has 134 valence electrons. The molecule has 26 heavy (non-hydrogen) atoms. The van der Waals surface area contributed by atoms with Gasteiger partial charge in [0.1, 0.15) is 23.9 Å². The number of rotatable bonds is 6. The molecule has 0 atom stereocenters. The molecule has 0 aliphatic carbocycles. The lowest BCUT2D eigenvalue weighted by molar-refractivity contribution is 0.0520. The van der Waals surface area contributed by atoms with Gasteiger partial charge in [-0.2, -0.15) is 10.3 Å². The van der Waals surface area contributed by atoms with Crippen LogP contribution in [-0.2, 0) is 11.3 Å². The molecule has 0 saturated carbocycles. The van der Waals surface area contributed by atoms with Gasteiger partial charge in [0.2, 0.25) is 0 Å². The number of benzene rings is 2. The highest BCUT2D eigenvalue weighted by Gasteiger charge is 2.19. The summed E-state index contributed by atoms with van der Waals surface area (Å²) in [4.78, 5) is 11.9. The van der Waals surface area contributed by atoms with E-state index in [4.69, 9.17) is 21.1 Å². The molecule has 1 heterocycles. The first-order valence-corrected chi connectivity index (χ1v) is 8.22. The molecule has 8 heteroatoms. The maximum atomic E-state index is 13.8. The number of carbonyl (C=O) groups is 1. The minimum Gasteiger partial charge on any atom is -0.489 e. The number of nitrogens with zero attached hydrogens (tertiary/aromatic N) is 2. The van der Waals surface area contributed by atoms with Crippen LogP contribution in [0.2, 0.25) is 5.02 Å². The van der Waals surface area contributed by atoms with E-state index in [0.717, 1.165) is 0 Å². The topological polar surface area (TPSA) is 77.1 Å². The second kappa shape index (κ2) is 7.97. The second-order valence-corrected chi connectivity index (χ2v) is 5.66. The van der Waals surface area contributed by atoms with Gasteiger partial charge in [0.05, 0.1) is 11.6 Å². The van der Waals surface area contributed by atoms with E-state index in [1.54, 1.807) is 37.3 Å². The van der Waals surface area contributed by atoms with Crippen molar-refractivity contribution < 1.29 is 18.7 Å². The first-order valence-electron chi connectivity index (χ1n) is 7.84. The standard InChI is InChI=1S/C18H15ClFN3O3/c1-2-25-18(24)17-16(21-23-22-17)11-6-8-12(9-7-11)26-10-13-14(19)4-3-5-15(13)20/h3-9H,2,10H2,1H3,(H,21,22,23). The van der Waals surface area contributed by atoms with E-state index >= 15 is 0 Å². The lowest BCUT2D eigenvalue weighted by Gasteiger charge is -2.09. The van der Waals surface area contributed by atoms with Crippen LogP contribution in [0.25, 0.3) is 11.3 Å². The maximum Gasteiger partial charge on any atom is 0.361 e. The van der Waals surface area contributed by atoms with E-state index in [2.05, 4.69) is 15.4 Å². The number of esters is 1. The van der Waals surface area contributed by atoms with Gasteiger partial charge in [0, 0.05) is 11.1 Å². The summed E-state index contributed by atoms with van der Waals surface area (Å²) in [6.45, 7) is 1.96. The van der Waals surface area contributed by atoms with Crippen LogP contribution in [0.5, 0.6) is 5.75 Å². The number of aromatic amines is 1. The van der Waals surface area contributed by atoms with Crippen molar-refractivity contribution in [3.8, 4) is 17.0 Å². The highest BCUT2D eigenvalue weighted by atomic mass is 35.5. The van der Waals surface area contributed by atoms with Crippen molar-refractivity contribution in [2.75, 3.05) is 6.61 Å². The lowest BCUT2D eigenvalue weighted by Crippen LogP contribution is -2.06. The Hall–Kier alpha value is -2.93. The number of hydrogen-bond donors (Lipinski definition) is 1. The molecule has 0 aliphatic heterocycles. The summed E-state index contributed by atoms with van der Waals surface area (Å²) < 4.78 is 24.3. The average Bonchev–Trinajstić information content (AvgIpc) is 3.12. The number of hydrogen-bond acceptors (Lipinski definition) is 5. The summed E-state index contributed by atoms with van der Waals surface area (Å²) in [6.07, 6.45) is 0. The quantitative estimate of drug-likeness (QED) is 0.658. The first kappa shape index (κ1) is 17.9. The predicted octanol–water partition coefficient (Wildman–Crippen LogP) is 4.02.